The van der Waals surface area contributed by atoms with Gasteiger partial charge in [-0.05, 0) is 43.0 Å². The highest BCUT2D eigenvalue weighted by molar-refractivity contribution is 7.10. The van der Waals surface area contributed by atoms with Crippen molar-refractivity contribution in [2.45, 2.75) is 13.8 Å². The van der Waals surface area contributed by atoms with Crippen LogP contribution in [0.3, 0.4) is 0 Å². The summed E-state index contributed by atoms with van der Waals surface area (Å²) in [5.74, 6) is 0. The van der Waals surface area contributed by atoms with E-state index in [1.807, 2.05) is 12.3 Å². The fourth-order valence-electron chi connectivity index (χ4n) is 1.33. The lowest BCUT2D eigenvalue weighted by Gasteiger charge is -1.99. The Labute approximate surface area is 82.1 Å². The molecule has 0 aliphatic carbocycles. The molecule has 0 saturated heterocycles. The number of nitrogens with zero attached hydrogens (tertiary/aromatic N) is 1. The molecule has 66 valence electrons. The van der Waals surface area contributed by atoms with E-state index in [0.29, 0.717) is 0 Å². The van der Waals surface area contributed by atoms with Gasteiger partial charge in [-0.15, -0.1) is 11.3 Å². The van der Waals surface area contributed by atoms with Crippen LogP contribution in [-0.2, 0) is 0 Å². The molecule has 0 bridgehead atoms. The van der Waals surface area contributed by atoms with Crippen molar-refractivity contribution >= 4 is 11.3 Å². The van der Waals surface area contributed by atoms with Gasteiger partial charge in [0.2, 0.25) is 0 Å². The van der Waals surface area contributed by atoms with Crippen LogP contribution in [0.15, 0.2) is 29.8 Å². The van der Waals surface area contributed by atoms with E-state index in [1.165, 1.54) is 16.0 Å². The lowest BCUT2D eigenvalue weighted by atomic mass is 10.1. The van der Waals surface area contributed by atoms with Crippen molar-refractivity contribution in [1.82, 2.24) is 4.98 Å². The normalized spacial score (nSPS) is 10.3. The van der Waals surface area contributed by atoms with E-state index in [1.54, 1.807) is 11.3 Å². The van der Waals surface area contributed by atoms with Gasteiger partial charge in [0.1, 0.15) is 0 Å². The molecule has 2 rings (SSSR count). The number of thiophene rings is 1. The summed E-state index contributed by atoms with van der Waals surface area (Å²) >= 11 is 1.77. The Kier molecular flexibility index (Phi) is 2.15. The van der Waals surface area contributed by atoms with E-state index in [2.05, 4.69) is 36.3 Å². The minimum absolute atomic E-state index is 1.08. The number of aromatic nitrogens is 1. The third kappa shape index (κ3) is 1.63. The first-order chi connectivity index (χ1) is 6.27. The summed E-state index contributed by atoms with van der Waals surface area (Å²) in [4.78, 5) is 5.68. The maximum absolute atomic E-state index is 4.35. The molecule has 2 heteroatoms. The van der Waals surface area contributed by atoms with Crippen LogP contribution in [0.5, 0.6) is 0 Å². The SMILES string of the molecule is Cc1ccnc(-c2ccsc2C)c1. The first-order valence-electron chi connectivity index (χ1n) is 4.24. The summed E-state index contributed by atoms with van der Waals surface area (Å²) in [7, 11) is 0. The summed E-state index contributed by atoms with van der Waals surface area (Å²) < 4.78 is 0. The van der Waals surface area contributed by atoms with Gasteiger partial charge in [0.05, 0.1) is 5.69 Å². The Bertz CT molecular complexity index is 418. The van der Waals surface area contributed by atoms with Crippen LogP contribution in [0.2, 0.25) is 0 Å². The van der Waals surface area contributed by atoms with E-state index < -0.39 is 0 Å². The van der Waals surface area contributed by atoms with Gasteiger partial charge in [0.15, 0.2) is 0 Å². The Morgan fingerprint density at radius 2 is 2.08 bits per heavy atom. The molecule has 2 aromatic rings. The molecule has 0 N–H and O–H groups in total. The monoisotopic (exact) mass is 189 g/mol. The number of pyridine rings is 1. The summed E-state index contributed by atoms with van der Waals surface area (Å²) in [6.45, 7) is 4.22. The lowest BCUT2D eigenvalue weighted by Crippen LogP contribution is -1.83. The van der Waals surface area contributed by atoms with Crippen molar-refractivity contribution in [2.24, 2.45) is 0 Å². The third-order valence-electron chi connectivity index (χ3n) is 2.05. The average molecular weight is 189 g/mol. The maximum Gasteiger partial charge on any atom is 0.0715 e. The molecule has 0 unspecified atom stereocenters. The fourth-order valence-corrected chi connectivity index (χ4v) is 2.04. The Morgan fingerprint density at radius 1 is 1.23 bits per heavy atom. The van der Waals surface area contributed by atoms with Crippen LogP contribution in [0.1, 0.15) is 10.4 Å². The maximum atomic E-state index is 4.35. The first-order valence-corrected chi connectivity index (χ1v) is 5.12. The van der Waals surface area contributed by atoms with E-state index in [4.69, 9.17) is 0 Å². The molecule has 0 aromatic carbocycles. The highest BCUT2D eigenvalue weighted by Gasteiger charge is 2.03. The first kappa shape index (κ1) is 8.45. The molecular weight excluding hydrogens is 178 g/mol. The number of aryl methyl sites for hydroxylation is 2. The van der Waals surface area contributed by atoms with Crippen LogP contribution < -0.4 is 0 Å². The molecule has 1 nitrogen and oxygen atoms in total. The number of hydrogen-bond acceptors (Lipinski definition) is 2. The van der Waals surface area contributed by atoms with Crippen molar-refractivity contribution in [3.05, 3.63) is 40.2 Å². The fraction of sp³-hybridized carbons (Fsp3) is 0.182. The molecular formula is C11H11NS. The van der Waals surface area contributed by atoms with Gasteiger partial charge in [0.25, 0.3) is 0 Å². The van der Waals surface area contributed by atoms with Crippen molar-refractivity contribution in [2.75, 3.05) is 0 Å². The van der Waals surface area contributed by atoms with Crippen LogP contribution >= 0.6 is 11.3 Å². The van der Waals surface area contributed by atoms with Gasteiger partial charge in [-0.2, -0.15) is 0 Å². The van der Waals surface area contributed by atoms with Crippen molar-refractivity contribution < 1.29 is 0 Å². The zero-order valence-electron chi connectivity index (χ0n) is 7.74. The van der Waals surface area contributed by atoms with E-state index >= 15 is 0 Å². The summed E-state index contributed by atoms with van der Waals surface area (Å²) in [6.07, 6.45) is 1.86. The van der Waals surface area contributed by atoms with Crippen molar-refractivity contribution in [1.29, 1.82) is 0 Å². The molecule has 0 atom stereocenters. The Hall–Kier alpha value is -1.15. The number of hydrogen-bond donors (Lipinski definition) is 0. The van der Waals surface area contributed by atoms with Crippen LogP contribution in [-0.4, -0.2) is 4.98 Å². The van der Waals surface area contributed by atoms with Gasteiger partial charge in [-0.25, -0.2) is 0 Å². The minimum atomic E-state index is 1.08. The molecule has 0 saturated carbocycles. The molecule has 0 spiro atoms. The molecule has 2 heterocycles. The quantitative estimate of drug-likeness (QED) is 0.669. The molecule has 0 fully saturated rings. The summed E-state index contributed by atoms with van der Waals surface area (Å²) in [5, 5.41) is 2.11. The van der Waals surface area contributed by atoms with Crippen LogP contribution in [0.25, 0.3) is 11.3 Å². The molecule has 0 aliphatic heterocycles. The predicted molar refractivity (Wildman–Crippen MR) is 57.0 cm³/mol. The van der Waals surface area contributed by atoms with E-state index in [0.717, 1.165) is 5.69 Å². The largest absolute Gasteiger partial charge is 0.256 e. The van der Waals surface area contributed by atoms with Gasteiger partial charge in [-0.1, -0.05) is 0 Å². The van der Waals surface area contributed by atoms with Gasteiger partial charge < -0.3 is 0 Å². The second-order valence-electron chi connectivity index (χ2n) is 3.11. The van der Waals surface area contributed by atoms with E-state index in [-0.39, 0.29) is 0 Å². The van der Waals surface area contributed by atoms with Gasteiger partial charge in [0, 0.05) is 16.6 Å². The molecule has 0 radical (unpaired) electrons. The Balaban J connectivity index is 2.53. The second kappa shape index (κ2) is 3.30. The highest BCUT2D eigenvalue weighted by atomic mass is 32.1. The van der Waals surface area contributed by atoms with Crippen LogP contribution in [0, 0.1) is 13.8 Å². The minimum Gasteiger partial charge on any atom is -0.256 e. The summed E-state index contributed by atoms with van der Waals surface area (Å²) in [6, 6.07) is 6.27. The zero-order chi connectivity index (χ0) is 9.26. The van der Waals surface area contributed by atoms with E-state index in [9.17, 15) is 0 Å². The molecule has 0 amide bonds. The summed E-state index contributed by atoms with van der Waals surface area (Å²) in [5.41, 5.74) is 3.60. The topological polar surface area (TPSA) is 12.9 Å². The molecule has 2 aromatic heterocycles. The Morgan fingerprint density at radius 3 is 2.69 bits per heavy atom. The van der Waals surface area contributed by atoms with Crippen molar-refractivity contribution in [3.8, 4) is 11.3 Å². The van der Waals surface area contributed by atoms with Crippen LogP contribution in [0.4, 0.5) is 0 Å². The standard InChI is InChI=1S/C11H11NS/c1-8-3-5-12-11(7-8)10-4-6-13-9(10)2/h3-7H,1-2H3. The number of rotatable bonds is 1. The van der Waals surface area contributed by atoms with Crippen molar-refractivity contribution in [3.63, 3.8) is 0 Å². The highest BCUT2D eigenvalue weighted by Crippen LogP contribution is 2.25. The zero-order valence-corrected chi connectivity index (χ0v) is 8.56. The second-order valence-corrected chi connectivity index (χ2v) is 4.23. The lowest BCUT2D eigenvalue weighted by molar-refractivity contribution is 1.28. The average Bonchev–Trinajstić information content (AvgIpc) is 2.51. The third-order valence-corrected chi connectivity index (χ3v) is 2.90. The smallest absolute Gasteiger partial charge is 0.0715 e. The molecule has 13 heavy (non-hydrogen) atoms. The van der Waals surface area contributed by atoms with Gasteiger partial charge in [-0.3, -0.25) is 4.98 Å². The predicted octanol–water partition coefficient (Wildman–Crippen LogP) is 3.43. The molecule has 0 aliphatic rings. The van der Waals surface area contributed by atoms with Gasteiger partial charge >= 0.3 is 0 Å².